The Kier molecular flexibility index (Phi) is 7.17. The van der Waals surface area contributed by atoms with Gasteiger partial charge in [0.1, 0.15) is 10.8 Å². The van der Waals surface area contributed by atoms with Crippen LogP contribution in [0.3, 0.4) is 0 Å². The maximum atomic E-state index is 13.4. The van der Waals surface area contributed by atoms with Crippen molar-refractivity contribution in [2.45, 2.75) is 13.3 Å². The van der Waals surface area contributed by atoms with Crippen LogP contribution in [-0.4, -0.2) is 18.4 Å². The second-order valence-corrected chi connectivity index (χ2v) is 8.22. The van der Waals surface area contributed by atoms with Gasteiger partial charge in [0.25, 0.3) is 5.91 Å². The van der Waals surface area contributed by atoms with Gasteiger partial charge in [-0.25, -0.2) is 0 Å². The smallest absolute Gasteiger partial charge is 0.259 e. The summed E-state index contributed by atoms with van der Waals surface area (Å²) in [6, 6.07) is 26.4. The van der Waals surface area contributed by atoms with Crippen LogP contribution in [0, 0.1) is 0 Å². The second kappa shape index (κ2) is 10.6. The average molecular weight is 457 g/mol. The Hall–Kier alpha value is -3.90. The monoisotopic (exact) mass is 456 g/mol. The SMILES string of the molecule is CCOc1ccc(NC(=O)c2c(-c3ccccc3)csc2NC(=O)Cc2ccccc2)cc1. The number of hydrogen-bond acceptors (Lipinski definition) is 4. The molecule has 1 heterocycles. The highest BCUT2D eigenvalue weighted by Gasteiger charge is 2.22. The fraction of sp³-hybridized carbons (Fsp3) is 0.111. The molecule has 0 aliphatic heterocycles. The molecule has 0 aliphatic carbocycles. The first-order chi connectivity index (χ1) is 16.1. The first-order valence-corrected chi connectivity index (χ1v) is 11.6. The lowest BCUT2D eigenvalue weighted by molar-refractivity contribution is -0.115. The summed E-state index contributed by atoms with van der Waals surface area (Å²) in [5.74, 6) is 0.289. The van der Waals surface area contributed by atoms with Gasteiger partial charge >= 0.3 is 0 Å². The van der Waals surface area contributed by atoms with Gasteiger partial charge in [-0.05, 0) is 42.3 Å². The van der Waals surface area contributed by atoms with Crippen molar-refractivity contribution in [1.29, 1.82) is 0 Å². The van der Waals surface area contributed by atoms with E-state index in [0.29, 0.717) is 22.9 Å². The third kappa shape index (κ3) is 5.67. The van der Waals surface area contributed by atoms with E-state index in [9.17, 15) is 9.59 Å². The largest absolute Gasteiger partial charge is 0.494 e. The van der Waals surface area contributed by atoms with Crippen molar-refractivity contribution in [2.75, 3.05) is 17.2 Å². The topological polar surface area (TPSA) is 67.4 Å². The van der Waals surface area contributed by atoms with Crippen molar-refractivity contribution in [3.8, 4) is 16.9 Å². The molecule has 166 valence electrons. The fourth-order valence-corrected chi connectivity index (χ4v) is 4.44. The van der Waals surface area contributed by atoms with Gasteiger partial charge in [-0.1, -0.05) is 60.7 Å². The van der Waals surface area contributed by atoms with E-state index in [0.717, 1.165) is 22.4 Å². The van der Waals surface area contributed by atoms with Gasteiger partial charge in [0.15, 0.2) is 0 Å². The number of nitrogens with one attached hydrogen (secondary N) is 2. The Bertz CT molecular complexity index is 1220. The van der Waals surface area contributed by atoms with Crippen molar-refractivity contribution in [3.05, 3.63) is 101 Å². The highest BCUT2D eigenvalue weighted by molar-refractivity contribution is 7.15. The molecule has 5 nitrogen and oxygen atoms in total. The molecule has 0 fully saturated rings. The molecule has 0 saturated carbocycles. The number of carbonyl (C=O) groups excluding carboxylic acids is 2. The quantitative estimate of drug-likeness (QED) is 0.329. The zero-order chi connectivity index (χ0) is 23.0. The number of thiophene rings is 1. The summed E-state index contributed by atoms with van der Waals surface area (Å²) in [6.07, 6.45) is 0.235. The number of rotatable bonds is 8. The zero-order valence-electron chi connectivity index (χ0n) is 18.2. The van der Waals surface area contributed by atoms with E-state index < -0.39 is 0 Å². The molecule has 4 rings (SSSR count). The first kappa shape index (κ1) is 22.3. The molecule has 1 aromatic heterocycles. The molecule has 4 aromatic rings. The van der Waals surface area contributed by atoms with E-state index in [2.05, 4.69) is 10.6 Å². The number of hydrogen-bond donors (Lipinski definition) is 2. The van der Waals surface area contributed by atoms with Crippen LogP contribution in [0.4, 0.5) is 10.7 Å². The molecule has 3 aromatic carbocycles. The molecule has 0 unspecified atom stereocenters. The lowest BCUT2D eigenvalue weighted by Gasteiger charge is -2.11. The maximum absolute atomic E-state index is 13.4. The van der Waals surface area contributed by atoms with Crippen LogP contribution in [0.15, 0.2) is 90.3 Å². The van der Waals surface area contributed by atoms with Crippen LogP contribution in [0.1, 0.15) is 22.8 Å². The van der Waals surface area contributed by atoms with Crippen LogP contribution in [0.5, 0.6) is 5.75 Å². The molecule has 0 saturated heterocycles. The number of carbonyl (C=O) groups is 2. The maximum Gasteiger partial charge on any atom is 0.259 e. The lowest BCUT2D eigenvalue weighted by atomic mass is 10.0. The van der Waals surface area contributed by atoms with E-state index >= 15 is 0 Å². The summed E-state index contributed by atoms with van der Waals surface area (Å²) >= 11 is 1.35. The summed E-state index contributed by atoms with van der Waals surface area (Å²) < 4.78 is 5.47. The van der Waals surface area contributed by atoms with Gasteiger partial charge in [-0.15, -0.1) is 11.3 Å². The minimum Gasteiger partial charge on any atom is -0.494 e. The Morgan fingerprint density at radius 2 is 1.52 bits per heavy atom. The second-order valence-electron chi connectivity index (χ2n) is 7.34. The molecule has 6 heteroatoms. The predicted octanol–water partition coefficient (Wildman–Crippen LogP) is 6.25. The molecule has 0 aliphatic rings. The fourth-order valence-electron chi connectivity index (χ4n) is 3.45. The number of ether oxygens (including phenoxy) is 1. The third-order valence-electron chi connectivity index (χ3n) is 4.99. The minimum atomic E-state index is -0.283. The Labute approximate surface area is 197 Å². The number of benzene rings is 3. The number of amides is 2. The predicted molar refractivity (Wildman–Crippen MR) is 134 cm³/mol. The van der Waals surface area contributed by atoms with Gasteiger partial charge in [0.05, 0.1) is 18.6 Å². The molecule has 0 atom stereocenters. The summed E-state index contributed by atoms with van der Waals surface area (Å²) in [6.45, 7) is 2.50. The Balaban J connectivity index is 1.60. The van der Waals surface area contributed by atoms with E-state index in [1.54, 1.807) is 12.1 Å². The molecule has 2 N–H and O–H groups in total. The first-order valence-electron chi connectivity index (χ1n) is 10.7. The molecule has 2 amide bonds. The highest BCUT2D eigenvalue weighted by Crippen LogP contribution is 2.36. The summed E-state index contributed by atoms with van der Waals surface area (Å²) in [5.41, 5.74) is 3.69. The van der Waals surface area contributed by atoms with E-state index in [4.69, 9.17) is 4.74 Å². The van der Waals surface area contributed by atoms with Gasteiger partial charge < -0.3 is 15.4 Å². The van der Waals surface area contributed by atoms with E-state index in [1.807, 2.05) is 85.1 Å². The third-order valence-corrected chi connectivity index (χ3v) is 5.88. The van der Waals surface area contributed by atoms with Crippen molar-refractivity contribution in [2.24, 2.45) is 0 Å². The van der Waals surface area contributed by atoms with Crippen LogP contribution in [0.2, 0.25) is 0 Å². The van der Waals surface area contributed by atoms with E-state index in [-0.39, 0.29) is 18.2 Å². The van der Waals surface area contributed by atoms with Gasteiger partial charge in [-0.3, -0.25) is 9.59 Å². The standard InChI is InChI=1S/C27H24N2O3S/c1-2-32-22-15-13-21(14-16-22)28-26(31)25-23(20-11-7-4-8-12-20)18-33-27(25)29-24(30)17-19-9-5-3-6-10-19/h3-16,18H,2,17H2,1H3,(H,28,31)(H,29,30). The van der Waals surface area contributed by atoms with Gasteiger partial charge in [0, 0.05) is 16.6 Å². The van der Waals surface area contributed by atoms with E-state index in [1.165, 1.54) is 11.3 Å². The lowest BCUT2D eigenvalue weighted by Crippen LogP contribution is -2.18. The van der Waals surface area contributed by atoms with Crippen LogP contribution in [-0.2, 0) is 11.2 Å². The normalized spacial score (nSPS) is 10.5. The van der Waals surface area contributed by atoms with Gasteiger partial charge in [0.2, 0.25) is 5.91 Å². The van der Waals surface area contributed by atoms with Crippen molar-refractivity contribution in [3.63, 3.8) is 0 Å². The van der Waals surface area contributed by atoms with Crippen LogP contribution >= 0.6 is 11.3 Å². The van der Waals surface area contributed by atoms with Crippen molar-refractivity contribution in [1.82, 2.24) is 0 Å². The molecule has 0 bridgehead atoms. The van der Waals surface area contributed by atoms with Crippen LogP contribution < -0.4 is 15.4 Å². The molecule has 33 heavy (non-hydrogen) atoms. The van der Waals surface area contributed by atoms with Gasteiger partial charge in [-0.2, -0.15) is 0 Å². The van der Waals surface area contributed by atoms with Crippen molar-refractivity contribution >= 4 is 33.8 Å². The highest BCUT2D eigenvalue weighted by atomic mass is 32.1. The average Bonchev–Trinajstić information content (AvgIpc) is 3.25. The Morgan fingerprint density at radius 3 is 2.18 bits per heavy atom. The molecular weight excluding hydrogens is 432 g/mol. The zero-order valence-corrected chi connectivity index (χ0v) is 19.0. The minimum absolute atomic E-state index is 0.169. The van der Waals surface area contributed by atoms with Crippen LogP contribution in [0.25, 0.3) is 11.1 Å². The molecule has 0 spiro atoms. The number of anilines is 2. The summed E-state index contributed by atoms with van der Waals surface area (Å²) in [4.78, 5) is 26.1. The molecule has 0 radical (unpaired) electrons. The summed E-state index contributed by atoms with van der Waals surface area (Å²) in [5, 5.41) is 8.32. The molecular formula is C27H24N2O3S. The summed E-state index contributed by atoms with van der Waals surface area (Å²) in [7, 11) is 0. The Morgan fingerprint density at radius 1 is 0.848 bits per heavy atom. The van der Waals surface area contributed by atoms with Crippen molar-refractivity contribution < 1.29 is 14.3 Å².